The zero-order valence-electron chi connectivity index (χ0n) is 19.9. The van der Waals surface area contributed by atoms with E-state index in [2.05, 4.69) is 44.5 Å². The maximum atomic E-state index is 10.6. The molecule has 10 nitrogen and oxygen atoms in total. The molecule has 10 heteroatoms. The molecule has 4 aromatic rings. The Labute approximate surface area is 208 Å². The van der Waals surface area contributed by atoms with Crippen LogP contribution in [0, 0.1) is 0 Å². The van der Waals surface area contributed by atoms with Crippen LogP contribution in [-0.2, 0) is 16.0 Å². The lowest BCUT2D eigenvalue weighted by molar-refractivity contribution is -0.0580. The molecule has 1 unspecified atom stereocenters. The van der Waals surface area contributed by atoms with Crippen molar-refractivity contribution < 1.29 is 19.7 Å². The summed E-state index contributed by atoms with van der Waals surface area (Å²) in [5.41, 5.74) is 9.23. The number of aliphatic hydroxyl groups excluding tert-OH is 2. The minimum Gasteiger partial charge on any atom is -0.387 e. The van der Waals surface area contributed by atoms with E-state index in [0.29, 0.717) is 29.4 Å². The molecule has 0 amide bonds. The van der Waals surface area contributed by atoms with Gasteiger partial charge in [-0.05, 0) is 11.1 Å². The monoisotopic (exact) mass is 490 g/mol. The van der Waals surface area contributed by atoms with Gasteiger partial charge in [0, 0.05) is 19.6 Å². The van der Waals surface area contributed by atoms with Crippen molar-refractivity contribution in [3.05, 3.63) is 83.9 Å². The fourth-order valence-electron chi connectivity index (χ4n) is 4.62. The van der Waals surface area contributed by atoms with Gasteiger partial charge in [0.2, 0.25) is 0 Å². The van der Waals surface area contributed by atoms with Crippen LogP contribution in [-0.4, -0.2) is 68.3 Å². The predicted octanol–water partition coefficient (Wildman–Crippen LogP) is 1.79. The van der Waals surface area contributed by atoms with Crippen LogP contribution >= 0.6 is 0 Å². The van der Waals surface area contributed by atoms with Crippen molar-refractivity contribution in [2.75, 3.05) is 25.6 Å². The van der Waals surface area contributed by atoms with E-state index < -0.39 is 24.5 Å². The van der Waals surface area contributed by atoms with Crippen LogP contribution in [0.2, 0.25) is 0 Å². The Morgan fingerprint density at radius 2 is 1.69 bits per heavy atom. The normalized spacial score (nSPS) is 21.9. The van der Waals surface area contributed by atoms with Gasteiger partial charge in [0.15, 0.2) is 23.2 Å². The van der Waals surface area contributed by atoms with Gasteiger partial charge in [-0.15, -0.1) is 0 Å². The van der Waals surface area contributed by atoms with Crippen LogP contribution in [0.25, 0.3) is 11.2 Å². The summed E-state index contributed by atoms with van der Waals surface area (Å²) >= 11 is 0. The van der Waals surface area contributed by atoms with Crippen LogP contribution in [0.5, 0.6) is 0 Å². The summed E-state index contributed by atoms with van der Waals surface area (Å²) in [7, 11) is 1.51. The Balaban J connectivity index is 1.47. The van der Waals surface area contributed by atoms with E-state index >= 15 is 0 Å². The molecule has 1 fully saturated rings. The molecule has 36 heavy (non-hydrogen) atoms. The summed E-state index contributed by atoms with van der Waals surface area (Å²) in [5, 5.41) is 24.5. The second-order valence-electron chi connectivity index (χ2n) is 8.77. The summed E-state index contributed by atoms with van der Waals surface area (Å²) in [6, 6.07) is 20.5. The van der Waals surface area contributed by atoms with Crippen LogP contribution in [0.1, 0.15) is 29.1 Å². The van der Waals surface area contributed by atoms with E-state index in [-0.39, 0.29) is 19.1 Å². The van der Waals surface area contributed by atoms with Crippen molar-refractivity contribution in [2.45, 2.75) is 37.0 Å². The highest BCUT2D eigenvalue weighted by Gasteiger charge is 2.44. The standard InChI is InChI=1S/C26H30N6O4/c1-35-14-19-22(33)23(34)26(36-19)32-15-29-21-24(30-20(12-27)31-25(21)32)28-13-18(16-8-4-2-5-9-16)17-10-6-3-7-11-17/h2-11,15,18-19,22-23,26,33-34H,12-14,27H2,1H3,(H,28,30,31)/t19?,22-,23-,26-/m1/s1. The molecule has 0 saturated carbocycles. The Hall–Kier alpha value is -3.41. The van der Waals surface area contributed by atoms with Gasteiger partial charge in [-0.25, -0.2) is 15.0 Å². The molecule has 0 aliphatic carbocycles. The molecule has 188 valence electrons. The maximum absolute atomic E-state index is 10.6. The third-order valence-corrected chi connectivity index (χ3v) is 6.47. The SMILES string of the molecule is COCC1O[C@@H](n2cnc3c(NCC(c4ccccc4)c4ccccc4)nc(CN)nc32)[C@H](O)[C@@H]1O. The lowest BCUT2D eigenvalue weighted by Gasteiger charge is -2.20. The number of nitrogens with zero attached hydrogens (tertiary/aromatic N) is 4. The van der Waals surface area contributed by atoms with E-state index in [9.17, 15) is 10.2 Å². The summed E-state index contributed by atoms with van der Waals surface area (Å²) < 4.78 is 12.6. The van der Waals surface area contributed by atoms with Crippen molar-refractivity contribution in [3.8, 4) is 0 Å². The molecule has 0 bridgehead atoms. The van der Waals surface area contributed by atoms with E-state index in [0.717, 1.165) is 0 Å². The molecule has 5 rings (SSSR count). The van der Waals surface area contributed by atoms with Crippen LogP contribution in [0.4, 0.5) is 5.82 Å². The van der Waals surface area contributed by atoms with E-state index in [4.69, 9.17) is 15.2 Å². The molecule has 0 radical (unpaired) electrons. The number of hydrogen-bond acceptors (Lipinski definition) is 9. The van der Waals surface area contributed by atoms with E-state index in [1.165, 1.54) is 24.6 Å². The molecule has 1 aliphatic rings. The number of methoxy groups -OCH3 is 1. The fourth-order valence-corrected chi connectivity index (χ4v) is 4.62. The first kappa shape index (κ1) is 24.3. The molecule has 2 aromatic carbocycles. The topological polar surface area (TPSA) is 141 Å². The van der Waals surface area contributed by atoms with Gasteiger partial charge in [-0.1, -0.05) is 60.7 Å². The highest BCUT2D eigenvalue weighted by Crippen LogP contribution is 2.33. The first-order valence-corrected chi connectivity index (χ1v) is 11.9. The third-order valence-electron chi connectivity index (χ3n) is 6.47. The number of nitrogens with one attached hydrogen (secondary N) is 1. The first-order chi connectivity index (χ1) is 17.6. The van der Waals surface area contributed by atoms with Crippen LogP contribution in [0.3, 0.4) is 0 Å². The Kier molecular flexibility index (Phi) is 7.21. The number of hydrogen-bond donors (Lipinski definition) is 4. The van der Waals surface area contributed by atoms with Gasteiger partial charge in [-0.3, -0.25) is 4.57 Å². The van der Waals surface area contributed by atoms with Gasteiger partial charge in [0.1, 0.15) is 24.1 Å². The third kappa shape index (κ3) is 4.69. The quantitative estimate of drug-likeness (QED) is 0.276. The Morgan fingerprint density at radius 3 is 2.31 bits per heavy atom. The summed E-state index contributed by atoms with van der Waals surface area (Å²) in [4.78, 5) is 13.7. The molecule has 0 spiro atoms. The first-order valence-electron chi connectivity index (χ1n) is 11.9. The number of anilines is 1. The summed E-state index contributed by atoms with van der Waals surface area (Å²) in [6.07, 6.45) is -2.28. The second kappa shape index (κ2) is 10.7. The average Bonchev–Trinajstić information content (AvgIpc) is 3.46. The van der Waals surface area contributed by atoms with Crippen molar-refractivity contribution in [1.29, 1.82) is 0 Å². The number of ether oxygens (including phenoxy) is 2. The average molecular weight is 491 g/mol. The fraction of sp³-hybridized carbons (Fsp3) is 0.346. The summed E-state index contributed by atoms with van der Waals surface area (Å²) in [5.74, 6) is 1.03. The second-order valence-corrected chi connectivity index (χ2v) is 8.77. The number of rotatable bonds is 9. The van der Waals surface area contributed by atoms with Crippen molar-refractivity contribution in [1.82, 2.24) is 19.5 Å². The zero-order valence-corrected chi connectivity index (χ0v) is 19.9. The van der Waals surface area contributed by atoms with E-state index in [1.54, 1.807) is 4.57 Å². The molecular weight excluding hydrogens is 460 g/mol. The van der Waals surface area contributed by atoms with Gasteiger partial charge >= 0.3 is 0 Å². The molecule has 2 aromatic heterocycles. The number of aromatic nitrogens is 4. The highest BCUT2D eigenvalue weighted by atomic mass is 16.6. The molecule has 1 aliphatic heterocycles. The Bertz CT molecular complexity index is 1250. The number of nitrogens with two attached hydrogens (primary N) is 1. The molecule has 1 saturated heterocycles. The number of fused-ring (bicyclic) bond motifs is 1. The largest absolute Gasteiger partial charge is 0.387 e. The van der Waals surface area contributed by atoms with Crippen molar-refractivity contribution in [2.24, 2.45) is 5.73 Å². The lowest BCUT2D eigenvalue weighted by Crippen LogP contribution is -2.33. The minimum absolute atomic E-state index is 0.0748. The zero-order chi connectivity index (χ0) is 25.1. The van der Waals surface area contributed by atoms with Crippen molar-refractivity contribution in [3.63, 3.8) is 0 Å². The molecule has 3 heterocycles. The smallest absolute Gasteiger partial charge is 0.168 e. The number of imidazole rings is 1. The molecule has 4 atom stereocenters. The molecular formula is C26H30N6O4. The Morgan fingerprint density at radius 1 is 1.03 bits per heavy atom. The maximum Gasteiger partial charge on any atom is 0.168 e. The minimum atomic E-state index is -1.17. The van der Waals surface area contributed by atoms with Crippen LogP contribution < -0.4 is 11.1 Å². The van der Waals surface area contributed by atoms with Crippen molar-refractivity contribution >= 4 is 17.0 Å². The van der Waals surface area contributed by atoms with Gasteiger partial charge in [0.25, 0.3) is 0 Å². The van der Waals surface area contributed by atoms with Crippen LogP contribution in [0.15, 0.2) is 67.0 Å². The van der Waals surface area contributed by atoms with E-state index in [1.807, 2.05) is 36.4 Å². The molecule has 5 N–H and O–H groups in total. The highest BCUT2D eigenvalue weighted by molar-refractivity contribution is 5.83. The van der Waals surface area contributed by atoms with Gasteiger partial charge in [0.05, 0.1) is 19.5 Å². The lowest BCUT2D eigenvalue weighted by atomic mass is 9.91. The predicted molar refractivity (Wildman–Crippen MR) is 134 cm³/mol. The number of benzene rings is 2. The van der Waals surface area contributed by atoms with Gasteiger partial charge in [-0.2, -0.15) is 0 Å². The number of aliphatic hydroxyl groups is 2. The summed E-state index contributed by atoms with van der Waals surface area (Å²) in [6.45, 7) is 0.839. The van der Waals surface area contributed by atoms with Gasteiger partial charge < -0.3 is 30.7 Å².